The predicted octanol–water partition coefficient (Wildman–Crippen LogP) is 3.63. The first-order chi connectivity index (χ1) is 10.6. The lowest BCUT2D eigenvalue weighted by Gasteiger charge is -2.10. The number of rotatable bonds is 4. The third-order valence-corrected chi connectivity index (χ3v) is 3.62. The molecule has 0 aliphatic heterocycles. The number of fused-ring (bicyclic) bond motifs is 1. The van der Waals surface area contributed by atoms with E-state index in [9.17, 15) is 9.90 Å². The Kier molecular flexibility index (Phi) is 3.55. The summed E-state index contributed by atoms with van der Waals surface area (Å²) in [6, 6.07) is 10.9. The molecule has 0 aliphatic rings. The molecule has 0 bridgehead atoms. The quantitative estimate of drug-likeness (QED) is 0.798. The Balaban J connectivity index is 2.08. The van der Waals surface area contributed by atoms with Gasteiger partial charge >= 0.3 is 5.97 Å². The highest BCUT2D eigenvalue weighted by Crippen LogP contribution is 2.31. The molecule has 2 aromatic heterocycles. The van der Waals surface area contributed by atoms with Gasteiger partial charge in [0.05, 0.1) is 5.52 Å². The van der Waals surface area contributed by atoms with Crippen LogP contribution in [0.25, 0.3) is 10.9 Å². The highest BCUT2D eigenvalue weighted by molar-refractivity contribution is 5.96. The number of carbonyl (C=O) groups is 1. The van der Waals surface area contributed by atoms with E-state index in [0.29, 0.717) is 11.5 Å². The molecule has 5 heteroatoms. The topological polar surface area (TPSA) is 64.3 Å². The molecule has 0 fully saturated rings. The van der Waals surface area contributed by atoms with E-state index in [0.717, 1.165) is 23.0 Å². The van der Waals surface area contributed by atoms with E-state index >= 15 is 0 Å². The van der Waals surface area contributed by atoms with E-state index in [4.69, 9.17) is 4.74 Å². The first-order valence-electron chi connectivity index (χ1n) is 7.04. The zero-order valence-corrected chi connectivity index (χ0v) is 12.4. The monoisotopic (exact) mass is 296 g/mol. The highest BCUT2D eigenvalue weighted by atomic mass is 16.5. The fraction of sp³-hybridized carbons (Fsp3) is 0.176. The second kappa shape index (κ2) is 5.52. The number of carboxylic acids is 1. The van der Waals surface area contributed by atoms with Crippen molar-refractivity contribution in [1.29, 1.82) is 0 Å². The fourth-order valence-corrected chi connectivity index (χ4v) is 2.51. The molecular weight excluding hydrogens is 280 g/mol. The second-order valence-corrected chi connectivity index (χ2v) is 5.03. The lowest BCUT2D eigenvalue weighted by atomic mass is 10.2. The number of para-hydroxylation sites is 1. The number of aromatic carboxylic acids is 1. The first kappa shape index (κ1) is 14.1. The molecule has 0 saturated carbocycles. The molecule has 0 radical (unpaired) electrons. The number of ether oxygens (including phenoxy) is 1. The third kappa shape index (κ3) is 2.41. The summed E-state index contributed by atoms with van der Waals surface area (Å²) < 4.78 is 7.59. The Bertz CT molecular complexity index is 852. The van der Waals surface area contributed by atoms with Gasteiger partial charge in [-0.15, -0.1) is 0 Å². The summed E-state index contributed by atoms with van der Waals surface area (Å²) in [7, 11) is 1.72. The van der Waals surface area contributed by atoms with Crippen LogP contribution in [0, 0.1) is 0 Å². The first-order valence-corrected chi connectivity index (χ1v) is 7.04. The summed E-state index contributed by atoms with van der Waals surface area (Å²) >= 11 is 0. The van der Waals surface area contributed by atoms with Crippen molar-refractivity contribution in [2.45, 2.75) is 13.3 Å². The molecule has 1 N–H and O–H groups in total. The lowest BCUT2D eigenvalue weighted by molar-refractivity contribution is 0.0687. The number of aromatic nitrogens is 2. The highest BCUT2D eigenvalue weighted by Gasteiger charge is 2.15. The van der Waals surface area contributed by atoms with Crippen LogP contribution in [-0.4, -0.2) is 20.6 Å². The SMILES string of the molecule is CCc1cc(Oc2cccc3cc(C(=O)O)n(C)c23)ccn1. The Hall–Kier alpha value is -2.82. The summed E-state index contributed by atoms with van der Waals surface area (Å²) in [5.41, 5.74) is 1.94. The van der Waals surface area contributed by atoms with Crippen LogP contribution in [0.2, 0.25) is 0 Å². The van der Waals surface area contributed by atoms with E-state index in [1.165, 1.54) is 0 Å². The average molecular weight is 296 g/mol. The number of carboxylic acid groups (broad SMARTS) is 1. The largest absolute Gasteiger partial charge is 0.477 e. The summed E-state index contributed by atoms with van der Waals surface area (Å²) in [5.74, 6) is 0.361. The average Bonchev–Trinajstić information content (AvgIpc) is 2.86. The Morgan fingerprint density at radius 3 is 2.86 bits per heavy atom. The second-order valence-electron chi connectivity index (χ2n) is 5.03. The van der Waals surface area contributed by atoms with Crippen molar-refractivity contribution in [3.63, 3.8) is 0 Å². The minimum atomic E-state index is -0.957. The van der Waals surface area contributed by atoms with Gasteiger partial charge in [-0.1, -0.05) is 19.1 Å². The number of nitrogens with zero attached hydrogens (tertiary/aromatic N) is 2. The molecule has 0 spiro atoms. The minimum absolute atomic E-state index is 0.232. The molecule has 0 atom stereocenters. The van der Waals surface area contributed by atoms with E-state index in [1.807, 2.05) is 31.2 Å². The van der Waals surface area contributed by atoms with Gasteiger partial charge in [-0.2, -0.15) is 0 Å². The van der Waals surface area contributed by atoms with Crippen LogP contribution in [-0.2, 0) is 13.5 Å². The van der Waals surface area contributed by atoms with Crippen molar-refractivity contribution in [2.75, 3.05) is 0 Å². The summed E-state index contributed by atoms with van der Waals surface area (Å²) in [5, 5.41) is 10.1. The Morgan fingerprint density at radius 1 is 1.32 bits per heavy atom. The van der Waals surface area contributed by atoms with Crippen molar-refractivity contribution in [3.8, 4) is 11.5 Å². The maximum absolute atomic E-state index is 11.3. The lowest BCUT2D eigenvalue weighted by Crippen LogP contribution is -2.04. The predicted molar refractivity (Wildman–Crippen MR) is 83.6 cm³/mol. The van der Waals surface area contributed by atoms with Crippen molar-refractivity contribution in [3.05, 3.63) is 54.0 Å². The van der Waals surface area contributed by atoms with Crippen molar-refractivity contribution in [2.24, 2.45) is 7.05 Å². The number of benzene rings is 1. The molecule has 3 rings (SSSR count). The van der Waals surface area contributed by atoms with Gasteiger partial charge in [0.2, 0.25) is 0 Å². The van der Waals surface area contributed by atoms with Gasteiger partial charge in [-0.05, 0) is 24.6 Å². The zero-order valence-electron chi connectivity index (χ0n) is 12.4. The van der Waals surface area contributed by atoms with Crippen molar-refractivity contribution in [1.82, 2.24) is 9.55 Å². The molecule has 0 aliphatic carbocycles. The van der Waals surface area contributed by atoms with Gasteiger partial charge in [0.25, 0.3) is 0 Å². The van der Waals surface area contributed by atoms with Crippen molar-refractivity contribution >= 4 is 16.9 Å². The number of hydrogen-bond donors (Lipinski definition) is 1. The van der Waals surface area contributed by atoms with Crippen LogP contribution >= 0.6 is 0 Å². The van der Waals surface area contributed by atoms with Crippen LogP contribution in [0.3, 0.4) is 0 Å². The molecule has 22 heavy (non-hydrogen) atoms. The van der Waals surface area contributed by atoms with Gasteiger partial charge in [-0.3, -0.25) is 4.98 Å². The van der Waals surface area contributed by atoms with Crippen molar-refractivity contribution < 1.29 is 14.6 Å². The standard InChI is InChI=1S/C17H16N2O3/c1-3-12-10-13(7-8-18-12)22-15-6-4-5-11-9-14(17(20)21)19(2)16(11)15/h4-10H,3H2,1-2H3,(H,20,21). The van der Waals surface area contributed by atoms with Crippen LogP contribution < -0.4 is 4.74 Å². The minimum Gasteiger partial charge on any atom is -0.477 e. The molecule has 3 aromatic rings. The van der Waals surface area contributed by atoms with E-state index < -0.39 is 5.97 Å². The summed E-state index contributed by atoms with van der Waals surface area (Å²) in [6.45, 7) is 2.03. The normalized spacial score (nSPS) is 10.8. The smallest absolute Gasteiger partial charge is 0.352 e. The molecule has 1 aromatic carbocycles. The molecule has 0 amide bonds. The van der Waals surface area contributed by atoms with Crippen LogP contribution in [0.15, 0.2) is 42.6 Å². The zero-order chi connectivity index (χ0) is 15.7. The van der Waals surface area contributed by atoms with Gasteiger partial charge in [0.15, 0.2) is 5.75 Å². The number of aryl methyl sites for hydroxylation is 2. The van der Waals surface area contributed by atoms with Crippen LogP contribution in [0.4, 0.5) is 0 Å². The summed E-state index contributed by atoms with van der Waals surface area (Å²) in [6.07, 6.45) is 2.54. The molecule has 5 nitrogen and oxygen atoms in total. The maximum atomic E-state index is 11.3. The molecule has 2 heterocycles. The molecule has 112 valence electrons. The third-order valence-electron chi connectivity index (χ3n) is 3.62. The van der Waals surface area contributed by atoms with Gasteiger partial charge in [-0.25, -0.2) is 4.79 Å². The summed E-state index contributed by atoms with van der Waals surface area (Å²) in [4.78, 5) is 15.5. The van der Waals surface area contributed by atoms with E-state index in [-0.39, 0.29) is 5.69 Å². The number of hydrogen-bond acceptors (Lipinski definition) is 3. The van der Waals surface area contributed by atoms with Gasteiger partial charge in [0, 0.05) is 30.4 Å². The Labute approximate surface area is 127 Å². The van der Waals surface area contributed by atoms with Gasteiger partial charge < -0.3 is 14.4 Å². The molecule has 0 saturated heterocycles. The molecular formula is C17H16N2O3. The molecule has 0 unspecified atom stereocenters. The maximum Gasteiger partial charge on any atom is 0.352 e. The van der Waals surface area contributed by atoms with E-state index in [1.54, 1.807) is 29.9 Å². The van der Waals surface area contributed by atoms with Crippen LogP contribution in [0.5, 0.6) is 11.5 Å². The van der Waals surface area contributed by atoms with Crippen LogP contribution in [0.1, 0.15) is 23.1 Å². The van der Waals surface area contributed by atoms with Gasteiger partial charge in [0.1, 0.15) is 11.4 Å². The Morgan fingerprint density at radius 2 is 2.14 bits per heavy atom. The fourth-order valence-electron chi connectivity index (χ4n) is 2.51. The van der Waals surface area contributed by atoms with E-state index in [2.05, 4.69) is 4.98 Å². The number of pyridine rings is 1.